The Labute approximate surface area is 141 Å². The van der Waals surface area contributed by atoms with Crippen LogP contribution >= 0.6 is 38.2 Å². The van der Waals surface area contributed by atoms with Crippen LogP contribution in [0.5, 0.6) is 0 Å². The first-order valence-corrected chi connectivity index (χ1v) is 9.87. The molecule has 1 N–H and O–H groups in total. The Morgan fingerprint density at radius 3 is 2.43 bits per heavy atom. The van der Waals surface area contributed by atoms with E-state index in [1.807, 2.05) is 6.92 Å². The van der Waals surface area contributed by atoms with Gasteiger partial charge in [0.2, 0.25) is 0 Å². The van der Waals surface area contributed by atoms with Crippen molar-refractivity contribution < 1.29 is 13.2 Å². The van der Waals surface area contributed by atoms with Crippen LogP contribution in [-0.4, -0.2) is 19.9 Å². The molecule has 1 fully saturated rings. The summed E-state index contributed by atoms with van der Waals surface area (Å²) >= 11 is 9.24. The van der Waals surface area contributed by atoms with Gasteiger partial charge in [-0.25, -0.2) is 8.42 Å². The van der Waals surface area contributed by atoms with E-state index in [4.69, 9.17) is 22.3 Å². The van der Waals surface area contributed by atoms with E-state index in [0.717, 1.165) is 25.7 Å². The van der Waals surface area contributed by atoms with Crippen LogP contribution in [0.1, 0.15) is 43.0 Å². The molecule has 0 saturated heterocycles. The summed E-state index contributed by atoms with van der Waals surface area (Å²) in [6, 6.07) is 2.47. The lowest BCUT2D eigenvalue weighted by Gasteiger charge is -2.25. The minimum absolute atomic E-state index is 0.0957. The van der Waals surface area contributed by atoms with Crippen molar-refractivity contribution in [3.63, 3.8) is 0 Å². The van der Waals surface area contributed by atoms with Gasteiger partial charge in [-0.2, -0.15) is 0 Å². The van der Waals surface area contributed by atoms with Gasteiger partial charge >= 0.3 is 0 Å². The molecule has 2 rings (SSSR count). The SMILES string of the molecule is CC1(NC(=O)c2cc(S(=O)(=O)Cl)cc(Br)c2Cl)CCCC1. The summed E-state index contributed by atoms with van der Waals surface area (Å²) < 4.78 is 23.2. The first-order valence-electron chi connectivity index (χ1n) is 6.39. The summed E-state index contributed by atoms with van der Waals surface area (Å²) in [6.45, 7) is 1.98. The Hall–Kier alpha value is -0.300. The van der Waals surface area contributed by atoms with Gasteiger partial charge in [0.25, 0.3) is 15.0 Å². The van der Waals surface area contributed by atoms with Crippen molar-refractivity contribution in [2.75, 3.05) is 0 Å². The molecule has 1 amide bonds. The third-order valence-corrected chi connectivity index (χ3v) is 6.24. The number of hydrogen-bond donors (Lipinski definition) is 1. The molecule has 0 aliphatic heterocycles. The van der Waals surface area contributed by atoms with Crippen LogP contribution in [0.3, 0.4) is 0 Å². The van der Waals surface area contributed by atoms with Crippen molar-refractivity contribution in [2.45, 2.75) is 43.0 Å². The minimum atomic E-state index is -3.94. The molecule has 0 atom stereocenters. The molecule has 0 heterocycles. The van der Waals surface area contributed by atoms with Gasteiger partial charge in [0, 0.05) is 20.7 Å². The normalized spacial score (nSPS) is 17.7. The lowest BCUT2D eigenvalue weighted by atomic mass is 10.00. The molecule has 21 heavy (non-hydrogen) atoms. The van der Waals surface area contributed by atoms with Gasteiger partial charge in [-0.1, -0.05) is 24.4 Å². The highest BCUT2D eigenvalue weighted by atomic mass is 79.9. The van der Waals surface area contributed by atoms with Gasteiger partial charge in [-0.05, 0) is 47.8 Å². The standard InChI is InChI=1S/C13H14BrCl2NO3S/c1-13(4-2-3-5-13)17-12(18)9-6-8(21(16,19)20)7-10(14)11(9)15/h6-7H,2-5H2,1H3,(H,17,18). The molecule has 116 valence electrons. The summed E-state index contributed by atoms with van der Waals surface area (Å²) in [5, 5.41) is 3.10. The molecule has 1 aliphatic rings. The third-order valence-electron chi connectivity index (χ3n) is 3.65. The Morgan fingerprint density at radius 2 is 1.90 bits per heavy atom. The van der Waals surface area contributed by atoms with Gasteiger partial charge in [0.05, 0.1) is 15.5 Å². The average molecular weight is 415 g/mol. The summed E-state index contributed by atoms with van der Waals surface area (Å²) in [5.74, 6) is -0.396. The fourth-order valence-electron chi connectivity index (χ4n) is 2.49. The summed E-state index contributed by atoms with van der Waals surface area (Å²) in [7, 11) is 1.40. The van der Waals surface area contributed by atoms with E-state index in [1.54, 1.807) is 0 Å². The van der Waals surface area contributed by atoms with Gasteiger partial charge in [0.15, 0.2) is 0 Å². The number of carbonyl (C=O) groups is 1. The minimum Gasteiger partial charge on any atom is -0.347 e. The number of carbonyl (C=O) groups excluding carboxylic acids is 1. The van der Waals surface area contributed by atoms with Gasteiger partial charge < -0.3 is 5.32 Å². The number of nitrogens with one attached hydrogen (secondary N) is 1. The molecule has 0 spiro atoms. The molecule has 1 aromatic carbocycles. The Kier molecular flexibility index (Phi) is 4.93. The van der Waals surface area contributed by atoms with Crippen molar-refractivity contribution >= 4 is 53.2 Å². The van der Waals surface area contributed by atoms with Crippen LogP contribution in [0, 0.1) is 0 Å². The number of amides is 1. The molecule has 1 saturated carbocycles. The van der Waals surface area contributed by atoms with Crippen molar-refractivity contribution in [2.24, 2.45) is 0 Å². The Bertz CT molecular complexity index is 685. The largest absolute Gasteiger partial charge is 0.347 e. The fraction of sp³-hybridized carbons (Fsp3) is 0.462. The fourth-order valence-corrected chi connectivity index (χ4v) is 4.08. The maximum absolute atomic E-state index is 12.4. The first-order chi connectivity index (χ1) is 9.62. The summed E-state index contributed by atoms with van der Waals surface area (Å²) in [5.41, 5.74) is -0.179. The van der Waals surface area contributed by atoms with E-state index in [-0.39, 0.29) is 21.0 Å². The molecule has 0 bridgehead atoms. The van der Waals surface area contributed by atoms with Crippen LogP contribution in [0.15, 0.2) is 21.5 Å². The quantitative estimate of drug-likeness (QED) is 0.757. The van der Waals surface area contributed by atoms with Gasteiger partial charge in [-0.15, -0.1) is 0 Å². The van der Waals surface area contributed by atoms with E-state index < -0.39 is 15.0 Å². The van der Waals surface area contributed by atoms with E-state index >= 15 is 0 Å². The number of benzene rings is 1. The van der Waals surface area contributed by atoms with E-state index in [0.29, 0.717) is 4.47 Å². The van der Waals surface area contributed by atoms with Crippen LogP contribution < -0.4 is 5.32 Å². The Morgan fingerprint density at radius 1 is 1.33 bits per heavy atom. The number of hydrogen-bond acceptors (Lipinski definition) is 3. The maximum atomic E-state index is 12.4. The van der Waals surface area contributed by atoms with Crippen LogP contribution in [0.4, 0.5) is 0 Å². The molecule has 0 aromatic heterocycles. The summed E-state index contributed by atoms with van der Waals surface area (Å²) in [4.78, 5) is 12.2. The van der Waals surface area contributed by atoms with Crippen molar-refractivity contribution in [1.82, 2.24) is 5.32 Å². The molecule has 4 nitrogen and oxygen atoms in total. The number of rotatable bonds is 3. The zero-order chi connectivity index (χ0) is 15.8. The van der Waals surface area contributed by atoms with Crippen molar-refractivity contribution in [3.05, 3.63) is 27.2 Å². The van der Waals surface area contributed by atoms with E-state index in [1.165, 1.54) is 12.1 Å². The highest BCUT2D eigenvalue weighted by Gasteiger charge is 2.31. The first kappa shape index (κ1) is 17.1. The lowest BCUT2D eigenvalue weighted by molar-refractivity contribution is 0.0908. The van der Waals surface area contributed by atoms with E-state index in [9.17, 15) is 13.2 Å². The van der Waals surface area contributed by atoms with Crippen molar-refractivity contribution in [1.29, 1.82) is 0 Å². The predicted molar refractivity (Wildman–Crippen MR) is 86.5 cm³/mol. The molecule has 1 aliphatic carbocycles. The summed E-state index contributed by atoms with van der Waals surface area (Å²) in [6.07, 6.45) is 3.91. The highest BCUT2D eigenvalue weighted by molar-refractivity contribution is 9.10. The van der Waals surface area contributed by atoms with E-state index in [2.05, 4.69) is 21.2 Å². The molecular formula is C13H14BrCl2NO3S. The van der Waals surface area contributed by atoms with Gasteiger partial charge in [-0.3, -0.25) is 4.79 Å². The second-order valence-corrected chi connectivity index (χ2v) is 9.22. The smallest absolute Gasteiger partial charge is 0.261 e. The Balaban J connectivity index is 2.38. The lowest BCUT2D eigenvalue weighted by Crippen LogP contribution is -2.43. The maximum Gasteiger partial charge on any atom is 0.261 e. The second kappa shape index (κ2) is 6.07. The molecule has 1 aromatic rings. The van der Waals surface area contributed by atoms with Crippen LogP contribution in [0.2, 0.25) is 5.02 Å². The molecule has 8 heteroatoms. The molecular weight excluding hydrogens is 401 g/mol. The topological polar surface area (TPSA) is 63.2 Å². The monoisotopic (exact) mass is 413 g/mol. The molecule has 0 radical (unpaired) electrons. The third kappa shape index (κ3) is 3.92. The predicted octanol–water partition coefficient (Wildman–Crippen LogP) is 4.09. The zero-order valence-corrected chi connectivity index (χ0v) is 15.2. The second-order valence-electron chi connectivity index (χ2n) is 5.43. The zero-order valence-electron chi connectivity index (χ0n) is 11.3. The molecule has 0 unspecified atom stereocenters. The average Bonchev–Trinajstić information content (AvgIpc) is 2.77. The van der Waals surface area contributed by atoms with Crippen molar-refractivity contribution in [3.8, 4) is 0 Å². The number of halogens is 3. The highest BCUT2D eigenvalue weighted by Crippen LogP contribution is 2.33. The van der Waals surface area contributed by atoms with Gasteiger partial charge in [0.1, 0.15) is 0 Å². The van der Waals surface area contributed by atoms with Crippen LogP contribution in [-0.2, 0) is 9.05 Å². The van der Waals surface area contributed by atoms with Crippen LogP contribution in [0.25, 0.3) is 0 Å².